The summed E-state index contributed by atoms with van der Waals surface area (Å²) in [6, 6.07) is 5.80. The van der Waals surface area contributed by atoms with Gasteiger partial charge in [-0.25, -0.2) is 4.39 Å². The maximum atomic E-state index is 14.6. The Labute approximate surface area is 91.5 Å². The van der Waals surface area contributed by atoms with Gasteiger partial charge in [-0.15, -0.1) is 0 Å². The van der Waals surface area contributed by atoms with Crippen molar-refractivity contribution in [2.24, 2.45) is 11.7 Å². The van der Waals surface area contributed by atoms with Crippen LogP contribution in [0, 0.1) is 19.8 Å². The van der Waals surface area contributed by atoms with Crippen molar-refractivity contribution in [3.63, 3.8) is 0 Å². The Balaban J connectivity index is 3.24. The molecule has 0 radical (unpaired) electrons. The maximum absolute atomic E-state index is 14.6. The van der Waals surface area contributed by atoms with Crippen molar-refractivity contribution in [2.75, 3.05) is 6.54 Å². The van der Waals surface area contributed by atoms with E-state index in [2.05, 4.69) is 0 Å². The summed E-state index contributed by atoms with van der Waals surface area (Å²) in [7, 11) is 0. The van der Waals surface area contributed by atoms with Gasteiger partial charge in [0.25, 0.3) is 0 Å². The quantitative estimate of drug-likeness (QED) is 0.813. The molecule has 0 saturated carbocycles. The van der Waals surface area contributed by atoms with Crippen LogP contribution in [0.4, 0.5) is 4.39 Å². The molecule has 1 aromatic carbocycles. The van der Waals surface area contributed by atoms with Crippen LogP contribution >= 0.6 is 0 Å². The van der Waals surface area contributed by atoms with Crippen LogP contribution in [0.1, 0.15) is 30.5 Å². The van der Waals surface area contributed by atoms with Crippen LogP contribution in [0.25, 0.3) is 0 Å². The van der Waals surface area contributed by atoms with Gasteiger partial charge in [-0.1, -0.05) is 37.6 Å². The number of hydrogen-bond acceptors (Lipinski definition) is 1. The largest absolute Gasteiger partial charge is 0.327 e. The third-order valence-corrected chi connectivity index (χ3v) is 3.04. The van der Waals surface area contributed by atoms with Crippen molar-refractivity contribution < 1.29 is 4.39 Å². The van der Waals surface area contributed by atoms with Gasteiger partial charge in [-0.2, -0.15) is 0 Å². The number of nitrogens with two attached hydrogens (primary N) is 1. The number of alkyl halides is 1. The van der Waals surface area contributed by atoms with Crippen molar-refractivity contribution in [3.05, 3.63) is 34.9 Å². The highest BCUT2D eigenvalue weighted by Gasteiger charge is 2.35. The Morgan fingerprint density at radius 2 is 1.93 bits per heavy atom. The molecule has 2 N–H and O–H groups in total. The van der Waals surface area contributed by atoms with Crippen molar-refractivity contribution in [1.82, 2.24) is 0 Å². The van der Waals surface area contributed by atoms with E-state index >= 15 is 0 Å². The zero-order chi connectivity index (χ0) is 11.6. The fraction of sp³-hybridized carbons (Fsp3) is 0.538. The predicted octanol–water partition coefficient (Wildman–Crippen LogP) is 3.08. The van der Waals surface area contributed by atoms with E-state index in [1.165, 1.54) is 0 Å². The molecule has 0 aliphatic rings. The number of benzene rings is 1. The van der Waals surface area contributed by atoms with Gasteiger partial charge < -0.3 is 5.73 Å². The lowest BCUT2D eigenvalue weighted by atomic mass is 9.82. The maximum Gasteiger partial charge on any atom is 0.150 e. The summed E-state index contributed by atoms with van der Waals surface area (Å²) < 4.78 is 14.6. The number of rotatable bonds is 3. The van der Waals surface area contributed by atoms with E-state index in [4.69, 9.17) is 5.73 Å². The van der Waals surface area contributed by atoms with E-state index in [-0.39, 0.29) is 12.5 Å². The normalized spacial score (nSPS) is 15.4. The summed E-state index contributed by atoms with van der Waals surface area (Å²) in [5.74, 6) is -0.107. The zero-order valence-corrected chi connectivity index (χ0v) is 9.97. The molecule has 0 amide bonds. The third kappa shape index (κ3) is 2.20. The Hall–Kier alpha value is -0.890. The summed E-state index contributed by atoms with van der Waals surface area (Å²) in [6.45, 7) is 7.72. The third-order valence-electron chi connectivity index (χ3n) is 3.04. The summed E-state index contributed by atoms with van der Waals surface area (Å²) in [5, 5.41) is 0. The first-order valence-electron chi connectivity index (χ1n) is 5.38. The highest BCUT2D eigenvalue weighted by molar-refractivity contribution is 5.35. The minimum atomic E-state index is -1.40. The van der Waals surface area contributed by atoms with E-state index in [1.54, 1.807) is 0 Å². The molecule has 0 aliphatic carbocycles. The van der Waals surface area contributed by atoms with Gasteiger partial charge >= 0.3 is 0 Å². The van der Waals surface area contributed by atoms with Crippen LogP contribution in [0.5, 0.6) is 0 Å². The highest BCUT2D eigenvalue weighted by Crippen LogP contribution is 2.35. The van der Waals surface area contributed by atoms with Gasteiger partial charge in [-0.3, -0.25) is 0 Å². The van der Waals surface area contributed by atoms with Gasteiger partial charge in [-0.05, 0) is 30.9 Å². The van der Waals surface area contributed by atoms with E-state index in [0.29, 0.717) is 0 Å². The topological polar surface area (TPSA) is 26.0 Å². The Bertz CT molecular complexity index is 346. The Morgan fingerprint density at radius 1 is 1.33 bits per heavy atom. The summed E-state index contributed by atoms with van der Waals surface area (Å²) in [6.07, 6.45) is 0. The fourth-order valence-corrected chi connectivity index (χ4v) is 1.94. The number of halogens is 1. The SMILES string of the molecule is Cc1ccc(C(F)(CN)C(C)C)c(C)c1. The molecule has 2 heteroatoms. The average Bonchev–Trinajstić information content (AvgIpc) is 2.16. The molecule has 0 aromatic heterocycles. The number of aryl methyl sites for hydroxylation is 2. The second kappa shape index (κ2) is 4.31. The van der Waals surface area contributed by atoms with E-state index < -0.39 is 5.67 Å². The van der Waals surface area contributed by atoms with Gasteiger partial charge in [0, 0.05) is 6.54 Å². The first kappa shape index (κ1) is 12.2. The van der Waals surface area contributed by atoms with E-state index in [9.17, 15) is 4.39 Å². The van der Waals surface area contributed by atoms with Crippen molar-refractivity contribution in [3.8, 4) is 0 Å². The summed E-state index contributed by atoms with van der Waals surface area (Å²) in [5.41, 5.74) is 7.03. The lowest BCUT2D eigenvalue weighted by molar-refractivity contribution is 0.108. The first-order valence-corrected chi connectivity index (χ1v) is 5.38. The Morgan fingerprint density at radius 3 is 2.33 bits per heavy atom. The first-order chi connectivity index (χ1) is 6.91. The second-order valence-corrected chi connectivity index (χ2v) is 4.54. The van der Waals surface area contributed by atoms with Crippen molar-refractivity contribution >= 4 is 0 Å². The summed E-state index contributed by atoms with van der Waals surface area (Å²) in [4.78, 5) is 0. The van der Waals surface area contributed by atoms with E-state index in [1.807, 2.05) is 45.9 Å². The van der Waals surface area contributed by atoms with Crippen LogP contribution in [0.2, 0.25) is 0 Å². The molecule has 0 saturated heterocycles. The van der Waals surface area contributed by atoms with Crippen LogP contribution in [0.15, 0.2) is 18.2 Å². The van der Waals surface area contributed by atoms with Gasteiger partial charge in [0.1, 0.15) is 0 Å². The van der Waals surface area contributed by atoms with E-state index in [0.717, 1.165) is 16.7 Å². The number of hydrogen-bond donors (Lipinski definition) is 1. The van der Waals surface area contributed by atoms with Gasteiger partial charge in [0.05, 0.1) is 0 Å². The highest BCUT2D eigenvalue weighted by atomic mass is 19.1. The molecule has 0 heterocycles. The monoisotopic (exact) mass is 209 g/mol. The lowest BCUT2D eigenvalue weighted by Crippen LogP contribution is -2.36. The summed E-state index contributed by atoms with van der Waals surface area (Å²) >= 11 is 0. The van der Waals surface area contributed by atoms with Crippen LogP contribution < -0.4 is 5.73 Å². The molecule has 84 valence electrons. The molecule has 1 rings (SSSR count). The minimum absolute atomic E-state index is 0.0363. The lowest BCUT2D eigenvalue weighted by Gasteiger charge is -2.30. The minimum Gasteiger partial charge on any atom is -0.327 e. The molecular formula is C13H20FN. The standard InChI is InChI=1S/C13H20FN/c1-9(2)13(14,8-15)12-6-5-10(3)7-11(12)4/h5-7,9H,8,15H2,1-4H3. The molecule has 15 heavy (non-hydrogen) atoms. The van der Waals surface area contributed by atoms with Crippen LogP contribution in [-0.2, 0) is 5.67 Å². The second-order valence-electron chi connectivity index (χ2n) is 4.54. The molecule has 1 aromatic rings. The molecule has 0 bridgehead atoms. The zero-order valence-electron chi connectivity index (χ0n) is 9.97. The predicted molar refractivity (Wildman–Crippen MR) is 62.6 cm³/mol. The van der Waals surface area contributed by atoms with Crippen molar-refractivity contribution in [2.45, 2.75) is 33.4 Å². The molecule has 1 atom stereocenters. The smallest absolute Gasteiger partial charge is 0.150 e. The average molecular weight is 209 g/mol. The molecule has 0 aliphatic heterocycles. The Kier molecular flexibility index (Phi) is 3.50. The van der Waals surface area contributed by atoms with Gasteiger partial charge in [0.2, 0.25) is 0 Å². The van der Waals surface area contributed by atoms with Gasteiger partial charge in [0.15, 0.2) is 5.67 Å². The fourth-order valence-electron chi connectivity index (χ4n) is 1.94. The molecule has 0 fully saturated rings. The van der Waals surface area contributed by atoms with Crippen molar-refractivity contribution in [1.29, 1.82) is 0 Å². The molecule has 0 spiro atoms. The molecule has 1 nitrogen and oxygen atoms in total. The van der Waals surface area contributed by atoms with Crippen LogP contribution in [-0.4, -0.2) is 6.54 Å². The van der Waals surface area contributed by atoms with Crippen LogP contribution in [0.3, 0.4) is 0 Å². The molecular weight excluding hydrogens is 189 g/mol. The molecule has 1 unspecified atom stereocenters.